The first-order valence-electron chi connectivity index (χ1n) is 9.36. The molecular formula is C21H28ClN3O5. The average molecular weight is 438 g/mol. The first-order valence-corrected chi connectivity index (χ1v) is 9.36. The zero-order chi connectivity index (χ0) is 21.2. The number of ether oxygens (including phenoxy) is 2. The third-order valence-electron chi connectivity index (χ3n) is 4.57. The molecule has 0 spiro atoms. The molecule has 0 saturated heterocycles. The Morgan fingerprint density at radius 2 is 1.73 bits per heavy atom. The summed E-state index contributed by atoms with van der Waals surface area (Å²) in [6.45, 7) is 2.26. The van der Waals surface area contributed by atoms with Crippen molar-refractivity contribution < 1.29 is 19.2 Å². The Bertz CT molecular complexity index is 830. The molecule has 0 aliphatic carbocycles. The molecule has 2 aromatic rings. The van der Waals surface area contributed by atoms with Gasteiger partial charge >= 0.3 is 0 Å². The molecule has 30 heavy (non-hydrogen) atoms. The molecule has 0 saturated carbocycles. The normalized spacial score (nSPS) is 10.3. The lowest BCUT2D eigenvalue weighted by Gasteiger charge is -2.17. The van der Waals surface area contributed by atoms with Gasteiger partial charge in [0.05, 0.1) is 19.1 Å². The van der Waals surface area contributed by atoms with Crippen LogP contribution in [-0.2, 0) is 6.42 Å². The van der Waals surface area contributed by atoms with E-state index >= 15 is 0 Å². The van der Waals surface area contributed by atoms with E-state index in [1.807, 2.05) is 25.2 Å². The number of hydrogen-bond donors (Lipinski definition) is 1. The molecule has 1 N–H and O–H groups in total. The monoisotopic (exact) mass is 437 g/mol. The highest BCUT2D eigenvalue weighted by molar-refractivity contribution is 5.94. The summed E-state index contributed by atoms with van der Waals surface area (Å²) >= 11 is 0. The topological polar surface area (TPSA) is 93.9 Å². The van der Waals surface area contributed by atoms with Crippen LogP contribution in [0.3, 0.4) is 0 Å². The van der Waals surface area contributed by atoms with Crippen LogP contribution in [0.4, 0.5) is 5.69 Å². The summed E-state index contributed by atoms with van der Waals surface area (Å²) in [6, 6.07) is 11.5. The molecule has 2 rings (SSSR count). The number of nitro benzene ring substituents is 1. The summed E-state index contributed by atoms with van der Waals surface area (Å²) in [7, 11) is 5.28. The van der Waals surface area contributed by atoms with Crippen LogP contribution < -0.4 is 14.8 Å². The number of amides is 1. The quantitative estimate of drug-likeness (QED) is 0.329. The lowest BCUT2D eigenvalue weighted by molar-refractivity contribution is -0.384. The van der Waals surface area contributed by atoms with Crippen molar-refractivity contribution in [2.45, 2.75) is 12.8 Å². The lowest BCUT2D eigenvalue weighted by Crippen LogP contribution is -2.29. The Balaban J connectivity index is 0.00000450. The van der Waals surface area contributed by atoms with Crippen LogP contribution in [0.1, 0.15) is 22.3 Å². The predicted octanol–water partition coefficient (Wildman–Crippen LogP) is 3.33. The number of nitro groups is 1. The fraction of sp³-hybridized carbons (Fsp3) is 0.381. The number of halogens is 1. The van der Waals surface area contributed by atoms with E-state index in [1.165, 1.54) is 29.8 Å². The van der Waals surface area contributed by atoms with E-state index in [2.05, 4.69) is 10.2 Å². The fourth-order valence-electron chi connectivity index (χ4n) is 2.86. The Kier molecular flexibility index (Phi) is 10.6. The number of rotatable bonds is 11. The first-order chi connectivity index (χ1) is 13.9. The van der Waals surface area contributed by atoms with Crippen LogP contribution >= 0.6 is 12.4 Å². The summed E-state index contributed by atoms with van der Waals surface area (Å²) in [4.78, 5) is 24.4. The lowest BCUT2D eigenvalue weighted by atomic mass is 10.1. The van der Waals surface area contributed by atoms with E-state index in [0.717, 1.165) is 31.7 Å². The summed E-state index contributed by atoms with van der Waals surface area (Å²) < 4.78 is 10.6. The van der Waals surface area contributed by atoms with Gasteiger partial charge in [0.15, 0.2) is 11.5 Å². The summed E-state index contributed by atoms with van der Waals surface area (Å²) in [6.07, 6.45) is 1.69. The Labute approximate surface area is 182 Å². The summed E-state index contributed by atoms with van der Waals surface area (Å²) in [5.41, 5.74) is 1.55. The van der Waals surface area contributed by atoms with E-state index in [4.69, 9.17) is 9.47 Å². The molecule has 8 nitrogen and oxygen atoms in total. The van der Waals surface area contributed by atoms with Crippen LogP contribution in [0.15, 0.2) is 42.5 Å². The molecule has 0 atom stereocenters. The minimum absolute atomic E-state index is 0. The Morgan fingerprint density at radius 3 is 2.33 bits per heavy atom. The first kappa shape index (κ1) is 25.2. The van der Waals surface area contributed by atoms with E-state index in [-0.39, 0.29) is 24.0 Å². The number of nitrogens with zero attached hydrogens (tertiary/aromatic N) is 2. The van der Waals surface area contributed by atoms with E-state index in [1.54, 1.807) is 14.2 Å². The van der Waals surface area contributed by atoms with Crippen LogP contribution in [0, 0.1) is 10.1 Å². The molecule has 164 valence electrons. The van der Waals surface area contributed by atoms with Crippen molar-refractivity contribution in [3.63, 3.8) is 0 Å². The van der Waals surface area contributed by atoms with Gasteiger partial charge in [0.1, 0.15) is 0 Å². The van der Waals surface area contributed by atoms with Crippen molar-refractivity contribution in [1.29, 1.82) is 0 Å². The molecule has 0 aliphatic rings. The van der Waals surface area contributed by atoms with Gasteiger partial charge in [-0.1, -0.05) is 6.07 Å². The summed E-state index contributed by atoms with van der Waals surface area (Å²) in [5, 5.41) is 13.5. The molecule has 0 fully saturated rings. The average Bonchev–Trinajstić information content (AvgIpc) is 2.74. The number of carbonyl (C=O) groups excluding carboxylic acids is 1. The Hall–Kier alpha value is -2.84. The van der Waals surface area contributed by atoms with Crippen molar-refractivity contribution >= 4 is 24.0 Å². The molecule has 1 amide bonds. The number of non-ortho nitro benzene ring substituents is 1. The zero-order valence-corrected chi connectivity index (χ0v) is 18.2. The number of hydrogen-bond acceptors (Lipinski definition) is 6. The number of likely N-dealkylation sites (N-methyl/N-ethyl adjacent to an activating group) is 1. The highest BCUT2D eigenvalue weighted by Gasteiger charge is 2.09. The van der Waals surface area contributed by atoms with Crippen LogP contribution in [0.2, 0.25) is 0 Å². The maximum Gasteiger partial charge on any atom is 0.269 e. The van der Waals surface area contributed by atoms with Gasteiger partial charge in [0, 0.05) is 30.8 Å². The van der Waals surface area contributed by atoms with Crippen molar-refractivity contribution in [1.82, 2.24) is 10.2 Å². The predicted molar refractivity (Wildman–Crippen MR) is 118 cm³/mol. The molecular weight excluding hydrogens is 410 g/mol. The fourth-order valence-corrected chi connectivity index (χ4v) is 2.86. The van der Waals surface area contributed by atoms with E-state index in [0.29, 0.717) is 17.9 Å². The van der Waals surface area contributed by atoms with E-state index < -0.39 is 4.92 Å². The van der Waals surface area contributed by atoms with Gasteiger partial charge in [0.2, 0.25) is 0 Å². The molecule has 9 heteroatoms. The second kappa shape index (κ2) is 12.7. The molecule has 0 aliphatic heterocycles. The molecule has 0 unspecified atom stereocenters. The maximum atomic E-state index is 12.1. The number of benzene rings is 2. The smallest absolute Gasteiger partial charge is 0.269 e. The van der Waals surface area contributed by atoms with Gasteiger partial charge in [-0.2, -0.15) is 0 Å². The molecule has 0 radical (unpaired) electrons. The third-order valence-corrected chi connectivity index (χ3v) is 4.57. The van der Waals surface area contributed by atoms with Crippen molar-refractivity contribution in [2.75, 3.05) is 40.9 Å². The minimum Gasteiger partial charge on any atom is -0.493 e. The molecule has 2 aromatic carbocycles. The minimum atomic E-state index is -0.487. The van der Waals surface area contributed by atoms with Gasteiger partial charge in [0.25, 0.3) is 11.6 Å². The van der Waals surface area contributed by atoms with Gasteiger partial charge in [-0.05, 0) is 56.3 Å². The van der Waals surface area contributed by atoms with Gasteiger partial charge in [-0.25, -0.2) is 0 Å². The molecule has 0 aromatic heterocycles. The summed E-state index contributed by atoms with van der Waals surface area (Å²) in [5.74, 6) is 1.21. The number of methoxy groups -OCH3 is 2. The third kappa shape index (κ3) is 7.53. The van der Waals surface area contributed by atoms with Gasteiger partial charge in [-0.15, -0.1) is 12.4 Å². The van der Waals surface area contributed by atoms with Crippen molar-refractivity contribution in [3.8, 4) is 11.5 Å². The highest BCUT2D eigenvalue weighted by Crippen LogP contribution is 2.27. The van der Waals surface area contributed by atoms with Gasteiger partial charge < -0.3 is 19.7 Å². The van der Waals surface area contributed by atoms with E-state index in [9.17, 15) is 14.9 Å². The van der Waals surface area contributed by atoms with Crippen LogP contribution in [-0.4, -0.2) is 56.6 Å². The second-order valence-corrected chi connectivity index (χ2v) is 6.66. The zero-order valence-electron chi connectivity index (χ0n) is 17.4. The van der Waals surface area contributed by atoms with Crippen molar-refractivity contribution in [2.24, 2.45) is 0 Å². The Morgan fingerprint density at radius 1 is 1.07 bits per heavy atom. The van der Waals surface area contributed by atoms with Crippen molar-refractivity contribution in [3.05, 3.63) is 63.7 Å². The van der Waals surface area contributed by atoms with Gasteiger partial charge in [-0.3, -0.25) is 14.9 Å². The largest absolute Gasteiger partial charge is 0.493 e. The number of nitrogens with one attached hydrogen (secondary N) is 1. The maximum absolute atomic E-state index is 12.1. The SMILES string of the molecule is COc1ccc(CCN(C)CCCNC(=O)c2ccc([N+](=O)[O-])cc2)cc1OC.Cl. The number of carbonyl (C=O) groups is 1. The molecule has 0 heterocycles. The highest BCUT2D eigenvalue weighted by atomic mass is 35.5. The standard InChI is InChI=1S/C21H27N3O5.ClH/c1-23(14-11-16-5-10-19(28-2)20(15-16)29-3)13-4-12-22-21(25)17-6-8-18(9-7-17)24(26)27;/h5-10,15H,4,11-14H2,1-3H3,(H,22,25);1H. The van der Waals surface area contributed by atoms with Crippen LogP contribution in [0.5, 0.6) is 11.5 Å². The molecule has 0 bridgehead atoms. The second-order valence-electron chi connectivity index (χ2n) is 6.66. The van der Waals surface area contributed by atoms with Crippen LogP contribution in [0.25, 0.3) is 0 Å².